The molecule has 1 saturated carbocycles. The number of nitrogens with one attached hydrogen (secondary N) is 1. The number of aryl methyl sites for hydroxylation is 1. The molecule has 104 valence electrons. The van der Waals surface area contributed by atoms with Crippen LogP contribution in [0.3, 0.4) is 0 Å². The standard InChI is InChI=1S/C15H15FN2O2/c1-10-9-13(18-20-10)17-14(19)15(7-2-8-15)11-3-5-12(16)6-4-11/h3-6,9H,2,7-8H2,1H3,(H,17,18,19). The van der Waals surface area contributed by atoms with Gasteiger partial charge in [-0.05, 0) is 37.5 Å². The van der Waals surface area contributed by atoms with E-state index in [2.05, 4.69) is 10.5 Å². The molecule has 3 rings (SSSR count). The molecule has 0 spiro atoms. The van der Waals surface area contributed by atoms with Gasteiger partial charge in [0, 0.05) is 6.07 Å². The zero-order valence-electron chi connectivity index (χ0n) is 11.1. The highest BCUT2D eigenvalue weighted by atomic mass is 19.1. The van der Waals surface area contributed by atoms with Crippen LogP contribution in [0.5, 0.6) is 0 Å². The lowest BCUT2D eigenvalue weighted by molar-refractivity contribution is -0.124. The lowest BCUT2D eigenvalue weighted by Gasteiger charge is -2.40. The second-order valence-electron chi connectivity index (χ2n) is 5.22. The van der Waals surface area contributed by atoms with E-state index in [9.17, 15) is 9.18 Å². The van der Waals surface area contributed by atoms with Gasteiger partial charge in [-0.1, -0.05) is 23.7 Å². The number of rotatable bonds is 3. The van der Waals surface area contributed by atoms with E-state index in [4.69, 9.17) is 4.52 Å². The van der Waals surface area contributed by atoms with E-state index in [1.807, 2.05) is 0 Å². The van der Waals surface area contributed by atoms with Crippen molar-refractivity contribution in [1.82, 2.24) is 5.16 Å². The summed E-state index contributed by atoms with van der Waals surface area (Å²) in [6.45, 7) is 1.77. The first-order valence-electron chi connectivity index (χ1n) is 6.61. The summed E-state index contributed by atoms with van der Waals surface area (Å²) in [5.41, 5.74) is 0.281. The summed E-state index contributed by atoms with van der Waals surface area (Å²) in [7, 11) is 0. The van der Waals surface area contributed by atoms with E-state index in [-0.39, 0.29) is 11.7 Å². The number of hydrogen-bond acceptors (Lipinski definition) is 3. The third-order valence-electron chi connectivity index (χ3n) is 3.91. The van der Waals surface area contributed by atoms with Crippen molar-refractivity contribution in [3.05, 3.63) is 47.5 Å². The van der Waals surface area contributed by atoms with Crippen LogP contribution in [0.4, 0.5) is 10.2 Å². The second-order valence-corrected chi connectivity index (χ2v) is 5.22. The summed E-state index contributed by atoms with van der Waals surface area (Å²) < 4.78 is 18.0. The molecule has 1 aromatic carbocycles. The van der Waals surface area contributed by atoms with Gasteiger partial charge < -0.3 is 9.84 Å². The lowest BCUT2D eigenvalue weighted by atomic mass is 9.64. The van der Waals surface area contributed by atoms with E-state index in [1.165, 1.54) is 12.1 Å². The molecule has 0 radical (unpaired) electrons. The third kappa shape index (κ3) is 2.09. The fourth-order valence-electron chi connectivity index (χ4n) is 2.61. The Morgan fingerprint density at radius 1 is 1.35 bits per heavy atom. The minimum absolute atomic E-state index is 0.108. The summed E-state index contributed by atoms with van der Waals surface area (Å²) in [5.74, 6) is 0.657. The Balaban J connectivity index is 1.85. The van der Waals surface area contributed by atoms with Gasteiger partial charge in [-0.2, -0.15) is 0 Å². The molecule has 1 aromatic heterocycles. The highest BCUT2D eigenvalue weighted by molar-refractivity contribution is 5.99. The first kappa shape index (κ1) is 12.8. The molecule has 0 saturated heterocycles. The molecule has 1 aliphatic rings. The number of carbonyl (C=O) groups is 1. The van der Waals surface area contributed by atoms with Crippen LogP contribution >= 0.6 is 0 Å². The van der Waals surface area contributed by atoms with Gasteiger partial charge in [-0.25, -0.2) is 4.39 Å². The normalized spacial score (nSPS) is 16.5. The van der Waals surface area contributed by atoms with Crippen LogP contribution in [0, 0.1) is 12.7 Å². The van der Waals surface area contributed by atoms with Crippen molar-refractivity contribution in [3.8, 4) is 0 Å². The van der Waals surface area contributed by atoms with Crippen molar-refractivity contribution in [2.75, 3.05) is 5.32 Å². The molecular weight excluding hydrogens is 259 g/mol. The topological polar surface area (TPSA) is 55.1 Å². The van der Waals surface area contributed by atoms with Crippen molar-refractivity contribution >= 4 is 11.7 Å². The maximum Gasteiger partial charge on any atom is 0.236 e. The summed E-state index contributed by atoms with van der Waals surface area (Å²) in [5, 5.41) is 6.55. The number of carbonyl (C=O) groups excluding carboxylic acids is 1. The molecular formula is C15H15FN2O2. The van der Waals surface area contributed by atoms with Crippen LogP contribution in [0.15, 0.2) is 34.9 Å². The Morgan fingerprint density at radius 2 is 2.05 bits per heavy atom. The zero-order chi connectivity index (χ0) is 14.2. The average molecular weight is 274 g/mol. The molecule has 4 nitrogen and oxygen atoms in total. The molecule has 0 atom stereocenters. The number of nitrogens with zero attached hydrogens (tertiary/aromatic N) is 1. The fraction of sp³-hybridized carbons (Fsp3) is 0.333. The van der Waals surface area contributed by atoms with Crippen LogP contribution < -0.4 is 5.32 Å². The number of benzene rings is 1. The van der Waals surface area contributed by atoms with Crippen LogP contribution in [0.25, 0.3) is 0 Å². The van der Waals surface area contributed by atoms with E-state index in [0.29, 0.717) is 11.6 Å². The van der Waals surface area contributed by atoms with Gasteiger partial charge in [0.05, 0.1) is 5.41 Å². The van der Waals surface area contributed by atoms with Gasteiger partial charge >= 0.3 is 0 Å². The quantitative estimate of drug-likeness (QED) is 0.935. The summed E-state index contributed by atoms with van der Waals surface area (Å²) in [6, 6.07) is 7.82. The molecule has 2 aromatic rings. The Labute approximate surface area is 116 Å². The van der Waals surface area contributed by atoms with Gasteiger partial charge in [0.1, 0.15) is 11.6 Å². The molecule has 5 heteroatoms. The minimum Gasteiger partial charge on any atom is -0.360 e. The predicted molar refractivity (Wildman–Crippen MR) is 71.8 cm³/mol. The molecule has 1 fully saturated rings. The number of halogens is 1. The summed E-state index contributed by atoms with van der Waals surface area (Å²) in [4.78, 5) is 12.5. The van der Waals surface area contributed by atoms with E-state index in [0.717, 1.165) is 24.8 Å². The van der Waals surface area contributed by atoms with Gasteiger partial charge in [0.25, 0.3) is 0 Å². The maximum absolute atomic E-state index is 13.0. The third-order valence-corrected chi connectivity index (χ3v) is 3.91. The number of aromatic nitrogens is 1. The van der Waals surface area contributed by atoms with Gasteiger partial charge in [-0.15, -0.1) is 0 Å². The molecule has 0 bridgehead atoms. The minimum atomic E-state index is -0.569. The van der Waals surface area contributed by atoms with Crippen LogP contribution in [-0.4, -0.2) is 11.1 Å². The average Bonchev–Trinajstić information content (AvgIpc) is 2.76. The smallest absolute Gasteiger partial charge is 0.236 e. The number of anilines is 1. The monoisotopic (exact) mass is 274 g/mol. The highest BCUT2D eigenvalue weighted by Crippen LogP contribution is 2.44. The fourth-order valence-corrected chi connectivity index (χ4v) is 2.61. The second kappa shape index (κ2) is 4.74. The molecule has 1 heterocycles. The van der Waals surface area contributed by atoms with Crippen molar-refractivity contribution in [2.45, 2.75) is 31.6 Å². The number of amides is 1. The van der Waals surface area contributed by atoms with Crippen LogP contribution in [0.1, 0.15) is 30.6 Å². The van der Waals surface area contributed by atoms with Crippen molar-refractivity contribution in [1.29, 1.82) is 0 Å². The first-order valence-corrected chi connectivity index (χ1v) is 6.61. The molecule has 1 amide bonds. The summed E-state index contributed by atoms with van der Waals surface area (Å²) in [6.07, 6.45) is 2.52. The molecule has 20 heavy (non-hydrogen) atoms. The largest absolute Gasteiger partial charge is 0.360 e. The van der Waals surface area contributed by atoms with Crippen molar-refractivity contribution in [3.63, 3.8) is 0 Å². The van der Waals surface area contributed by atoms with E-state index < -0.39 is 5.41 Å². The SMILES string of the molecule is Cc1cc(NC(=O)C2(c3ccc(F)cc3)CCC2)no1. The first-order chi connectivity index (χ1) is 9.60. The molecule has 0 aliphatic heterocycles. The van der Waals surface area contributed by atoms with Gasteiger partial charge in [-0.3, -0.25) is 4.79 Å². The summed E-state index contributed by atoms with van der Waals surface area (Å²) >= 11 is 0. The van der Waals surface area contributed by atoms with Crippen LogP contribution in [0.2, 0.25) is 0 Å². The van der Waals surface area contributed by atoms with Gasteiger partial charge in [0.2, 0.25) is 5.91 Å². The van der Waals surface area contributed by atoms with Crippen molar-refractivity contribution in [2.24, 2.45) is 0 Å². The highest BCUT2D eigenvalue weighted by Gasteiger charge is 2.45. The van der Waals surface area contributed by atoms with Crippen LogP contribution in [-0.2, 0) is 10.2 Å². The Kier molecular flexibility index (Phi) is 3.04. The molecule has 1 aliphatic carbocycles. The zero-order valence-corrected chi connectivity index (χ0v) is 11.1. The Morgan fingerprint density at radius 3 is 2.55 bits per heavy atom. The maximum atomic E-state index is 13.0. The number of hydrogen-bond donors (Lipinski definition) is 1. The Bertz CT molecular complexity index is 630. The Hall–Kier alpha value is -2.17. The van der Waals surface area contributed by atoms with E-state index in [1.54, 1.807) is 25.1 Å². The molecule has 0 unspecified atom stereocenters. The van der Waals surface area contributed by atoms with Crippen molar-refractivity contribution < 1.29 is 13.7 Å². The van der Waals surface area contributed by atoms with Gasteiger partial charge in [0.15, 0.2) is 5.82 Å². The molecule has 1 N–H and O–H groups in total. The predicted octanol–water partition coefficient (Wildman–Crippen LogP) is 3.18. The lowest BCUT2D eigenvalue weighted by Crippen LogP contribution is -2.46. The van der Waals surface area contributed by atoms with E-state index >= 15 is 0 Å².